The van der Waals surface area contributed by atoms with Crippen molar-refractivity contribution in [3.8, 4) is 0 Å². The molecule has 86 valence electrons. The third-order valence-electron chi connectivity index (χ3n) is 3.28. The van der Waals surface area contributed by atoms with Crippen molar-refractivity contribution in [2.75, 3.05) is 0 Å². The van der Waals surface area contributed by atoms with Crippen molar-refractivity contribution in [2.24, 2.45) is 0 Å². The third kappa shape index (κ3) is 1.97. The van der Waals surface area contributed by atoms with Crippen LogP contribution in [0.1, 0.15) is 63.1 Å². The van der Waals surface area contributed by atoms with E-state index in [1.807, 2.05) is 0 Å². The van der Waals surface area contributed by atoms with Gasteiger partial charge in [-0.2, -0.15) is 0 Å². The van der Waals surface area contributed by atoms with Crippen LogP contribution in [0.25, 0.3) is 0 Å². The maximum absolute atomic E-state index is 2.50. The fourth-order valence-electron chi connectivity index (χ4n) is 2.54. The summed E-state index contributed by atoms with van der Waals surface area (Å²) in [6.07, 6.45) is 0. The van der Waals surface area contributed by atoms with E-state index in [1.54, 1.807) is 0 Å². The molecular weight excluding hydrogens is 182 g/mol. The average molecular weight is 207 g/mol. The van der Waals surface area contributed by atoms with Crippen LogP contribution < -0.4 is 0 Å². The van der Waals surface area contributed by atoms with Gasteiger partial charge in [-0.25, -0.2) is 0 Å². The second kappa shape index (κ2) is 3.70. The van der Waals surface area contributed by atoms with E-state index in [4.69, 9.17) is 0 Å². The van der Waals surface area contributed by atoms with E-state index < -0.39 is 0 Å². The first-order chi connectivity index (χ1) is 6.68. The molecule has 0 saturated heterocycles. The maximum atomic E-state index is 2.50. The summed E-state index contributed by atoms with van der Waals surface area (Å²) in [7, 11) is 0. The highest BCUT2D eigenvalue weighted by Gasteiger charge is 2.24. The van der Waals surface area contributed by atoms with Gasteiger partial charge in [0.05, 0.1) is 0 Å². The van der Waals surface area contributed by atoms with Crippen LogP contribution in [0.2, 0.25) is 0 Å². The maximum Gasteiger partial charge on any atom is 0.0361 e. The van der Waals surface area contributed by atoms with Crippen LogP contribution in [0, 0.1) is 20.8 Å². The van der Waals surface area contributed by atoms with Crippen molar-refractivity contribution >= 4 is 0 Å². The van der Waals surface area contributed by atoms with Crippen LogP contribution in [-0.2, 0) is 5.54 Å². The molecule has 1 rings (SSSR count). The molecule has 0 spiro atoms. The molecular formula is C14H25N. The molecule has 0 fully saturated rings. The standard InChI is InChI=1S/C14H25N/c1-9(2)13-11(4)10(3)12(5)15(13)14(6,7)8/h9H,1-8H3. The van der Waals surface area contributed by atoms with Crippen molar-refractivity contribution in [2.45, 2.75) is 66.8 Å². The van der Waals surface area contributed by atoms with E-state index in [1.165, 1.54) is 22.5 Å². The molecule has 1 heteroatoms. The van der Waals surface area contributed by atoms with Crippen LogP contribution in [0.3, 0.4) is 0 Å². The Labute approximate surface area is 94.5 Å². The minimum absolute atomic E-state index is 0.183. The number of hydrogen-bond acceptors (Lipinski definition) is 0. The highest BCUT2D eigenvalue weighted by atomic mass is 15.1. The van der Waals surface area contributed by atoms with Crippen LogP contribution in [-0.4, -0.2) is 4.57 Å². The Morgan fingerprint density at radius 2 is 1.40 bits per heavy atom. The number of rotatable bonds is 1. The van der Waals surface area contributed by atoms with Crippen LogP contribution in [0.15, 0.2) is 0 Å². The first-order valence-corrected chi connectivity index (χ1v) is 5.86. The molecule has 0 unspecified atom stereocenters. The van der Waals surface area contributed by atoms with Gasteiger partial charge >= 0.3 is 0 Å². The zero-order valence-electron chi connectivity index (χ0n) is 11.5. The normalized spacial score (nSPS) is 12.6. The Bertz CT molecular complexity index is 362. The molecule has 1 aromatic rings. The van der Waals surface area contributed by atoms with E-state index in [0.717, 1.165) is 0 Å². The molecule has 0 saturated carbocycles. The molecule has 0 aliphatic rings. The molecule has 0 radical (unpaired) electrons. The molecule has 0 aliphatic heterocycles. The van der Waals surface area contributed by atoms with E-state index in [9.17, 15) is 0 Å². The van der Waals surface area contributed by atoms with E-state index in [2.05, 4.69) is 60.0 Å². The molecule has 0 aromatic carbocycles. The smallest absolute Gasteiger partial charge is 0.0361 e. The second-order valence-electron chi connectivity index (χ2n) is 5.88. The lowest BCUT2D eigenvalue weighted by atomic mass is 10.0. The lowest BCUT2D eigenvalue weighted by Crippen LogP contribution is -2.25. The van der Waals surface area contributed by atoms with Crippen LogP contribution in [0.5, 0.6) is 0 Å². The van der Waals surface area contributed by atoms with Crippen LogP contribution >= 0.6 is 0 Å². The van der Waals surface area contributed by atoms with E-state index >= 15 is 0 Å². The highest BCUT2D eigenvalue weighted by molar-refractivity contribution is 5.38. The summed E-state index contributed by atoms with van der Waals surface area (Å²) in [5.41, 5.74) is 6.02. The Kier molecular flexibility index (Phi) is 3.04. The molecule has 1 nitrogen and oxygen atoms in total. The van der Waals surface area contributed by atoms with Gasteiger partial charge in [-0.15, -0.1) is 0 Å². The minimum Gasteiger partial charge on any atom is -0.343 e. The Balaban J connectivity index is 3.56. The summed E-state index contributed by atoms with van der Waals surface area (Å²) in [4.78, 5) is 0. The van der Waals surface area contributed by atoms with Crippen molar-refractivity contribution in [3.05, 3.63) is 22.5 Å². The van der Waals surface area contributed by atoms with Gasteiger partial charge in [0, 0.05) is 16.9 Å². The van der Waals surface area contributed by atoms with Crippen molar-refractivity contribution < 1.29 is 0 Å². The van der Waals surface area contributed by atoms with Gasteiger partial charge < -0.3 is 4.57 Å². The molecule has 0 atom stereocenters. The Hall–Kier alpha value is -0.720. The quantitative estimate of drug-likeness (QED) is 0.647. The summed E-state index contributed by atoms with van der Waals surface area (Å²) in [5.74, 6) is 0.594. The van der Waals surface area contributed by atoms with Gasteiger partial charge in [0.2, 0.25) is 0 Å². The van der Waals surface area contributed by atoms with Gasteiger partial charge in [-0.3, -0.25) is 0 Å². The molecule has 15 heavy (non-hydrogen) atoms. The van der Waals surface area contributed by atoms with Gasteiger partial charge in [-0.05, 0) is 58.6 Å². The second-order valence-corrected chi connectivity index (χ2v) is 5.88. The summed E-state index contributed by atoms with van der Waals surface area (Å²) >= 11 is 0. The van der Waals surface area contributed by atoms with Gasteiger partial charge in [0.15, 0.2) is 0 Å². The lowest BCUT2D eigenvalue weighted by molar-refractivity contribution is 0.372. The lowest BCUT2D eigenvalue weighted by Gasteiger charge is -2.28. The largest absolute Gasteiger partial charge is 0.343 e. The molecule has 1 heterocycles. The summed E-state index contributed by atoms with van der Waals surface area (Å²) < 4.78 is 2.50. The van der Waals surface area contributed by atoms with E-state index in [0.29, 0.717) is 5.92 Å². The summed E-state index contributed by atoms with van der Waals surface area (Å²) in [5, 5.41) is 0. The van der Waals surface area contributed by atoms with E-state index in [-0.39, 0.29) is 5.54 Å². The topological polar surface area (TPSA) is 4.93 Å². The first-order valence-electron chi connectivity index (χ1n) is 5.86. The van der Waals surface area contributed by atoms with Gasteiger partial charge in [0.1, 0.15) is 0 Å². The predicted octanol–water partition coefficient (Wildman–Crippen LogP) is 4.29. The number of aromatic nitrogens is 1. The SMILES string of the molecule is Cc1c(C)c(C(C)C)n(C(C)(C)C)c1C. The predicted molar refractivity (Wildman–Crippen MR) is 67.7 cm³/mol. The average Bonchev–Trinajstić information content (AvgIpc) is 2.28. The monoisotopic (exact) mass is 207 g/mol. The molecule has 1 aromatic heterocycles. The Morgan fingerprint density at radius 3 is 1.67 bits per heavy atom. The fraction of sp³-hybridized carbons (Fsp3) is 0.714. The minimum atomic E-state index is 0.183. The third-order valence-corrected chi connectivity index (χ3v) is 3.28. The van der Waals surface area contributed by atoms with Gasteiger partial charge in [-0.1, -0.05) is 13.8 Å². The zero-order valence-corrected chi connectivity index (χ0v) is 11.5. The number of nitrogens with zero attached hydrogens (tertiary/aromatic N) is 1. The highest BCUT2D eigenvalue weighted by Crippen LogP contribution is 2.32. The van der Waals surface area contributed by atoms with Gasteiger partial charge in [0.25, 0.3) is 0 Å². The van der Waals surface area contributed by atoms with Crippen LogP contribution in [0.4, 0.5) is 0 Å². The van der Waals surface area contributed by atoms with Crippen molar-refractivity contribution in [3.63, 3.8) is 0 Å². The van der Waals surface area contributed by atoms with Crippen molar-refractivity contribution in [1.82, 2.24) is 4.57 Å². The first kappa shape index (κ1) is 12.4. The molecule has 0 amide bonds. The summed E-state index contributed by atoms with van der Waals surface area (Å²) in [6, 6.07) is 0. The fourth-order valence-corrected chi connectivity index (χ4v) is 2.54. The molecule has 0 N–H and O–H groups in total. The molecule has 0 bridgehead atoms. The van der Waals surface area contributed by atoms with Crippen molar-refractivity contribution in [1.29, 1.82) is 0 Å². The zero-order chi connectivity index (χ0) is 12.0. The summed E-state index contributed by atoms with van der Waals surface area (Å²) in [6.45, 7) is 18.1. The number of hydrogen-bond donors (Lipinski definition) is 0. The Morgan fingerprint density at radius 1 is 0.933 bits per heavy atom. The molecule has 0 aliphatic carbocycles.